The van der Waals surface area contributed by atoms with Gasteiger partial charge in [-0.25, -0.2) is 9.59 Å². The minimum absolute atomic E-state index is 0.144. The molecular formula is C85H148O6. The summed E-state index contributed by atoms with van der Waals surface area (Å²) < 4.78 is 24.3. The molecule has 524 valence electrons. The number of unbranched alkanes of at least 4 members (excludes halogenated alkanes) is 48. The molecule has 0 heterocycles. The lowest BCUT2D eigenvalue weighted by atomic mass is 9.78. The average molecular weight is 1270 g/mol. The zero-order valence-electron chi connectivity index (χ0n) is 61.1. The summed E-state index contributed by atoms with van der Waals surface area (Å²) in [7, 11) is 0. The third kappa shape index (κ3) is 48.8. The lowest BCUT2D eigenvalue weighted by Crippen LogP contribution is -2.20. The molecule has 2 unspecified atom stereocenters. The number of carbonyl (C=O) groups is 2. The first-order valence-corrected chi connectivity index (χ1v) is 39.7. The largest absolute Gasteiger partial charge is 0.490 e. The predicted molar refractivity (Wildman–Crippen MR) is 395 cm³/mol. The molecule has 0 fully saturated rings. The van der Waals surface area contributed by atoms with Crippen molar-refractivity contribution in [3.05, 3.63) is 84.0 Å². The summed E-state index contributed by atoms with van der Waals surface area (Å²) in [6.45, 7) is 21.1. The normalized spacial score (nSPS) is 12.3. The average Bonchev–Trinajstić information content (AvgIpc) is 1.01. The van der Waals surface area contributed by atoms with Crippen LogP contribution in [0.4, 0.5) is 0 Å². The Balaban J connectivity index is 1.88. The van der Waals surface area contributed by atoms with Crippen molar-refractivity contribution in [3.8, 4) is 11.5 Å². The van der Waals surface area contributed by atoms with Crippen molar-refractivity contribution in [2.24, 2.45) is 0 Å². The van der Waals surface area contributed by atoms with Crippen molar-refractivity contribution in [1.29, 1.82) is 0 Å². The molecule has 0 saturated heterocycles. The highest BCUT2D eigenvalue weighted by Crippen LogP contribution is 2.35. The van der Waals surface area contributed by atoms with Gasteiger partial charge in [0.15, 0.2) is 0 Å². The Morgan fingerprint density at radius 2 is 0.495 bits per heavy atom. The van der Waals surface area contributed by atoms with E-state index in [0.717, 1.165) is 62.9 Å². The van der Waals surface area contributed by atoms with Crippen LogP contribution in [0.5, 0.6) is 11.5 Å². The molecule has 2 aromatic rings. The van der Waals surface area contributed by atoms with Gasteiger partial charge in [-0.2, -0.15) is 0 Å². The number of esters is 2. The van der Waals surface area contributed by atoms with E-state index in [1.165, 1.54) is 319 Å². The molecule has 0 bridgehead atoms. The minimum atomic E-state index is -0.262. The van der Waals surface area contributed by atoms with E-state index in [4.69, 9.17) is 18.9 Å². The van der Waals surface area contributed by atoms with E-state index in [9.17, 15) is 9.59 Å². The first kappa shape index (κ1) is 83.5. The Morgan fingerprint density at radius 3 is 0.692 bits per heavy atom. The summed E-state index contributed by atoms with van der Waals surface area (Å²) in [6, 6.07) is 18.3. The van der Waals surface area contributed by atoms with Gasteiger partial charge in [0.2, 0.25) is 0 Å². The molecule has 0 aliphatic heterocycles. The molecule has 0 saturated carbocycles. The van der Waals surface area contributed by atoms with Gasteiger partial charge in [0.25, 0.3) is 0 Å². The summed E-state index contributed by atoms with van der Waals surface area (Å²) in [5, 5.41) is 0. The molecule has 91 heavy (non-hydrogen) atoms. The van der Waals surface area contributed by atoms with Gasteiger partial charge in [-0.15, -0.1) is 0 Å². The molecule has 0 aliphatic carbocycles. The smallest absolute Gasteiger partial charge is 0.333 e. The van der Waals surface area contributed by atoms with E-state index in [1.807, 2.05) is 0 Å². The molecule has 6 heteroatoms. The number of carbonyl (C=O) groups excluding carboxylic acids is 2. The van der Waals surface area contributed by atoms with Crippen molar-refractivity contribution in [3.63, 3.8) is 0 Å². The second kappa shape index (κ2) is 60.1. The van der Waals surface area contributed by atoms with Crippen LogP contribution in [0.15, 0.2) is 72.8 Å². The number of hydrogen-bond donors (Lipinski definition) is 0. The lowest BCUT2D eigenvalue weighted by Gasteiger charge is -2.27. The van der Waals surface area contributed by atoms with E-state index in [2.05, 4.69) is 89.4 Å². The third-order valence-electron chi connectivity index (χ3n) is 19.5. The van der Waals surface area contributed by atoms with Crippen molar-refractivity contribution in [1.82, 2.24) is 0 Å². The highest BCUT2D eigenvalue weighted by atomic mass is 16.5. The van der Waals surface area contributed by atoms with E-state index in [0.29, 0.717) is 24.4 Å². The van der Waals surface area contributed by atoms with Crippen LogP contribution >= 0.6 is 0 Å². The molecule has 0 aliphatic rings. The first-order chi connectivity index (χ1) is 44.5. The maximum absolute atomic E-state index is 11.5. The van der Waals surface area contributed by atoms with E-state index in [-0.39, 0.29) is 29.6 Å². The molecule has 0 N–H and O–H groups in total. The minimum Gasteiger partial charge on any atom is -0.490 e. The fourth-order valence-corrected chi connectivity index (χ4v) is 13.2. The Labute approximate surface area is 565 Å². The van der Waals surface area contributed by atoms with Gasteiger partial charge in [-0.05, 0) is 113 Å². The van der Waals surface area contributed by atoms with Crippen LogP contribution in [0, 0.1) is 0 Å². The van der Waals surface area contributed by atoms with Crippen molar-refractivity contribution >= 4 is 11.9 Å². The highest BCUT2D eigenvalue weighted by molar-refractivity contribution is 5.87. The van der Waals surface area contributed by atoms with E-state index < -0.39 is 0 Å². The summed E-state index contributed by atoms with van der Waals surface area (Å²) in [5.74, 6) is 1.52. The summed E-state index contributed by atoms with van der Waals surface area (Å²) in [5.41, 5.74) is 3.47. The van der Waals surface area contributed by atoms with Crippen LogP contribution in [0.3, 0.4) is 0 Å². The SMILES string of the molecule is C=C(C)C(=O)OCCCCCCCCCCCCCCCC(CCCCCCCCCCCCCCC)Oc1ccc(C(C)(C)c2ccc(OC(CCCCCCCCCCCCCCC)CCCCCCCCCCCCCCCOC(=O)C(=C)C)cc2)cc1. The Morgan fingerprint density at radius 1 is 0.308 bits per heavy atom. The second-order valence-electron chi connectivity index (χ2n) is 28.8. The Kier molecular flexibility index (Phi) is 55.2. The van der Waals surface area contributed by atoms with Gasteiger partial charge in [0, 0.05) is 16.6 Å². The number of rotatable bonds is 68. The second-order valence-corrected chi connectivity index (χ2v) is 28.8. The monoisotopic (exact) mass is 1270 g/mol. The number of benzene rings is 2. The third-order valence-corrected chi connectivity index (χ3v) is 19.5. The highest BCUT2D eigenvalue weighted by Gasteiger charge is 2.24. The zero-order valence-corrected chi connectivity index (χ0v) is 61.1. The van der Waals surface area contributed by atoms with Crippen molar-refractivity contribution < 1.29 is 28.5 Å². The quantitative estimate of drug-likeness (QED) is 0.0373. The Bertz CT molecular complexity index is 1830. The molecule has 6 nitrogen and oxygen atoms in total. The fourth-order valence-electron chi connectivity index (χ4n) is 13.2. The van der Waals surface area contributed by atoms with Gasteiger partial charge in [-0.3, -0.25) is 0 Å². The van der Waals surface area contributed by atoms with Gasteiger partial charge >= 0.3 is 11.9 Å². The van der Waals surface area contributed by atoms with Crippen LogP contribution in [0.1, 0.15) is 412 Å². The van der Waals surface area contributed by atoms with E-state index in [1.54, 1.807) is 13.8 Å². The predicted octanol–water partition coefficient (Wildman–Crippen LogP) is 27.6. The van der Waals surface area contributed by atoms with Gasteiger partial charge in [0.1, 0.15) is 11.5 Å². The first-order valence-electron chi connectivity index (χ1n) is 39.7. The molecule has 0 spiro atoms. The summed E-state index contributed by atoms with van der Waals surface area (Å²) in [6.07, 6.45) is 74.5. The Hall–Kier alpha value is -3.54. The maximum atomic E-state index is 11.5. The molecular weight excluding hydrogens is 1120 g/mol. The van der Waals surface area contributed by atoms with Crippen molar-refractivity contribution in [2.75, 3.05) is 13.2 Å². The van der Waals surface area contributed by atoms with E-state index >= 15 is 0 Å². The van der Waals surface area contributed by atoms with Crippen LogP contribution in [-0.2, 0) is 24.5 Å². The standard InChI is InChI=1S/C85H148O6/c1-9-11-13-15-17-19-21-25-31-37-43-49-55-61-79(63-57-51-45-39-33-27-23-29-35-41-47-53-59-73-88-83(86)75(3)4)90-81-69-65-77(66-70-81)85(7,8)78-67-71-82(72-68-78)91-80(62-56-50-44-38-32-26-22-20-18-16-14-12-10-2)64-58-52-46-40-34-28-24-30-36-42-48-54-60-74-89-84(87)76(5)6/h65-72,79-80H,3,5,9-64,73-74H2,1-2,4,6-8H3. The van der Waals surface area contributed by atoms with Crippen LogP contribution in [0.25, 0.3) is 0 Å². The van der Waals surface area contributed by atoms with Gasteiger partial charge < -0.3 is 18.9 Å². The summed E-state index contributed by atoms with van der Waals surface area (Å²) >= 11 is 0. The number of ether oxygens (including phenoxy) is 4. The number of hydrogen-bond acceptors (Lipinski definition) is 6. The van der Waals surface area contributed by atoms with Crippen molar-refractivity contribution in [2.45, 2.75) is 419 Å². The molecule has 2 atom stereocenters. The van der Waals surface area contributed by atoms with Gasteiger partial charge in [0.05, 0.1) is 25.4 Å². The topological polar surface area (TPSA) is 71.1 Å². The maximum Gasteiger partial charge on any atom is 0.333 e. The molecule has 0 aromatic heterocycles. The van der Waals surface area contributed by atoms with Crippen LogP contribution < -0.4 is 9.47 Å². The lowest BCUT2D eigenvalue weighted by molar-refractivity contribution is -0.139. The van der Waals surface area contributed by atoms with Crippen LogP contribution in [0.2, 0.25) is 0 Å². The molecule has 2 rings (SSSR count). The summed E-state index contributed by atoms with van der Waals surface area (Å²) in [4.78, 5) is 23.1. The molecule has 0 amide bonds. The fraction of sp³-hybridized carbons (Fsp3) is 0.788. The van der Waals surface area contributed by atoms with Gasteiger partial charge in [-0.1, -0.05) is 360 Å². The zero-order chi connectivity index (χ0) is 65.8. The molecule has 2 aromatic carbocycles. The van der Waals surface area contributed by atoms with Crippen LogP contribution in [-0.4, -0.2) is 37.4 Å². The molecule has 0 radical (unpaired) electrons.